The number of hydrogen-bond donors (Lipinski definition) is 3. The van der Waals surface area contributed by atoms with Crippen molar-refractivity contribution in [3.63, 3.8) is 0 Å². The van der Waals surface area contributed by atoms with E-state index in [0.717, 1.165) is 31.4 Å². The van der Waals surface area contributed by atoms with Crippen molar-refractivity contribution < 1.29 is 14.6 Å². The molecule has 0 radical (unpaired) electrons. The number of H-pyrrole nitrogens is 1. The topological polar surface area (TPSA) is 89.4 Å². The van der Waals surface area contributed by atoms with E-state index in [1.807, 2.05) is 11.0 Å². The third-order valence-electron chi connectivity index (χ3n) is 4.03. The van der Waals surface area contributed by atoms with Gasteiger partial charge in [0.2, 0.25) is 0 Å². The molecule has 1 saturated heterocycles. The molecule has 1 aromatic carbocycles. The van der Waals surface area contributed by atoms with Crippen LogP contribution in [0.4, 0.5) is 0 Å². The van der Waals surface area contributed by atoms with Crippen LogP contribution in [0.1, 0.15) is 28.9 Å². The first-order valence-electron chi connectivity index (χ1n) is 7.37. The van der Waals surface area contributed by atoms with E-state index in [4.69, 9.17) is 10.1 Å². The Morgan fingerprint density at radius 2 is 2.14 bits per heavy atom. The molecular weight excluding hydrogens is 282 g/mol. The van der Waals surface area contributed by atoms with Gasteiger partial charge in [-0.15, -0.1) is 0 Å². The summed E-state index contributed by atoms with van der Waals surface area (Å²) in [6.07, 6.45) is 2.25. The summed E-state index contributed by atoms with van der Waals surface area (Å²) >= 11 is 0. The number of ether oxygens (including phenoxy) is 1. The van der Waals surface area contributed by atoms with E-state index in [0.29, 0.717) is 22.7 Å². The van der Waals surface area contributed by atoms with Gasteiger partial charge in [-0.1, -0.05) is 0 Å². The van der Waals surface area contributed by atoms with Crippen LogP contribution in [0.15, 0.2) is 18.2 Å². The molecule has 6 nitrogen and oxygen atoms in total. The van der Waals surface area contributed by atoms with E-state index in [2.05, 4.69) is 4.98 Å². The normalized spacial score (nSPS) is 14.5. The number of nitrogens with one attached hydrogen (secondary N) is 2. The van der Waals surface area contributed by atoms with E-state index in [1.165, 1.54) is 0 Å². The monoisotopic (exact) mass is 301 g/mol. The molecule has 0 amide bonds. The number of carboxylic acids is 1. The maximum Gasteiger partial charge on any atom is 0.338 e. The minimum Gasteiger partial charge on any atom is -0.486 e. The lowest BCUT2D eigenvalue weighted by Gasteiger charge is -2.18. The Morgan fingerprint density at radius 3 is 2.82 bits per heavy atom. The van der Waals surface area contributed by atoms with Crippen molar-refractivity contribution in [1.82, 2.24) is 9.88 Å². The Bertz CT molecular complexity index is 730. The summed E-state index contributed by atoms with van der Waals surface area (Å²) in [6.45, 7) is 3.78. The van der Waals surface area contributed by atoms with Crippen LogP contribution in [0.25, 0.3) is 10.9 Å². The third kappa shape index (κ3) is 2.64. The number of likely N-dealkylation sites (tertiary alicyclic amines) is 1. The predicted octanol–water partition coefficient (Wildman–Crippen LogP) is 2.63. The Balaban J connectivity index is 1.78. The molecule has 1 aliphatic heterocycles. The van der Waals surface area contributed by atoms with Gasteiger partial charge in [0.05, 0.1) is 5.56 Å². The second-order valence-corrected chi connectivity index (χ2v) is 5.57. The second-order valence-electron chi connectivity index (χ2n) is 5.57. The fraction of sp³-hybridized carbons (Fsp3) is 0.375. The zero-order valence-corrected chi connectivity index (χ0v) is 12.5. The molecule has 2 heterocycles. The maximum atomic E-state index is 11.3. The minimum atomic E-state index is -0.953. The highest BCUT2D eigenvalue weighted by Gasteiger charge is 2.17. The quantitative estimate of drug-likeness (QED) is 0.598. The molecule has 0 unspecified atom stereocenters. The highest BCUT2D eigenvalue weighted by Crippen LogP contribution is 2.26. The number of aryl methyl sites for hydroxylation is 1. The molecule has 0 spiro atoms. The van der Waals surface area contributed by atoms with E-state index < -0.39 is 5.97 Å². The molecule has 2 aromatic rings. The zero-order valence-electron chi connectivity index (χ0n) is 12.5. The van der Waals surface area contributed by atoms with Crippen molar-refractivity contribution in [3.05, 3.63) is 29.5 Å². The van der Waals surface area contributed by atoms with E-state index >= 15 is 0 Å². The number of hydrogen-bond acceptors (Lipinski definition) is 3. The number of rotatable bonds is 4. The molecule has 1 aromatic heterocycles. The smallest absolute Gasteiger partial charge is 0.338 e. The first-order valence-corrected chi connectivity index (χ1v) is 7.37. The average molecular weight is 301 g/mol. The number of aromatic amines is 1. The lowest BCUT2D eigenvalue weighted by Crippen LogP contribution is -2.31. The van der Waals surface area contributed by atoms with Crippen LogP contribution in [-0.4, -0.2) is 46.5 Å². The fourth-order valence-corrected chi connectivity index (χ4v) is 2.90. The van der Waals surface area contributed by atoms with Crippen LogP contribution in [-0.2, 0) is 0 Å². The van der Waals surface area contributed by atoms with Crippen LogP contribution in [0.5, 0.6) is 5.75 Å². The maximum absolute atomic E-state index is 11.3. The average Bonchev–Trinajstić information content (AvgIpc) is 3.10. The number of aromatic carboxylic acids is 1. The van der Waals surface area contributed by atoms with Gasteiger partial charge in [-0.05, 0) is 38.0 Å². The molecule has 6 heteroatoms. The molecule has 3 N–H and O–H groups in total. The number of amidine groups is 1. The minimum absolute atomic E-state index is 0.206. The number of nitrogens with zero attached hydrogens (tertiary/aromatic N) is 1. The van der Waals surface area contributed by atoms with Gasteiger partial charge in [0.25, 0.3) is 0 Å². The van der Waals surface area contributed by atoms with Gasteiger partial charge in [0.1, 0.15) is 18.2 Å². The van der Waals surface area contributed by atoms with Gasteiger partial charge >= 0.3 is 5.97 Å². The van der Waals surface area contributed by atoms with Gasteiger partial charge in [-0.25, -0.2) is 4.79 Å². The molecule has 0 bridgehead atoms. The molecule has 0 saturated carbocycles. The standard InChI is InChI=1S/C16H19N3O3/c1-10-15(16(20)21)12-8-11(4-5-13(12)18-10)22-9-14(17)19-6-2-3-7-19/h4-5,8,17-18H,2-3,6-7,9H2,1H3,(H,20,21). The van der Waals surface area contributed by atoms with Gasteiger partial charge in [0, 0.05) is 29.7 Å². The number of carbonyl (C=O) groups is 1. The lowest BCUT2D eigenvalue weighted by atomic mass is 10.1. The molecule has 1 aliphatic rings. The first-order chi connectivity index (χ1) is 10.6. The summed E-state index contributed by atoms with van der Waals surface area (Å²) in [4.78, 5) is 16.4. The van der Waals surface area contributed by atoms with Crippen LogP contribution in [0, 0.1) is 12.3 Å². The summed E-state index contributed by atoms with van der Waals surface area (Å²) in [5.74, 6) is 0.102. The third-order valence-corrected chi connectivity index (χ3v) is 4.03. The van der Waals surface area contributed by atoms with Crippen LogP contribution >= 0.6 is 0 Å². The summed E-state index contributed by atoms with van der Waals surface area (Å²) in [5.41, 5.74) is 1.68. The van der Waals surface area contributed by atoms with Gasteiger partial charge in [-0.3, -0.25) is 5.41 Å². The van der Waals surface area contributed by atoms with Crippen molar-refractivity contribution in [2.24, 2.45) is 0 Å². The highest BCUT2D eigenvalue weighted by molar-refractivity contribution is 6.05. The van der Waals surface area contributed by atoms with E-state index in [1.54, 1.807) is 19.1 Å². The zero-order chi connectivity index (χ0) is 15.7. The van der Waals surface area contributed by atoms with Crippen molar-refractivity contribution in [3.8, 4) is 5.75 Å². The Hall–Kier alpha value is -2.50. The van der Waals surface area contributed by atoms with E-state index in [9.17, 15) is 9.90 Å². The van der Waals surface area contributed by atoms with Crippen molar-refractivity contribution in [2.45, 2.75) is 19.8 Å². The Morgan fingerprint density at radius 1 is 1.41 bits per heavy atom. The number of fused-ring (bicyclic) bond motifs is 1. The van der Waals surface area contributed by atoms with Gasteiger partial charge in [0.15, 0.2) is 0 Å². The Kier molecular flexibility index (Phi) is 3.75. The summed E-state index contributed by atoms with van der Waals surface area (Å²) in [7, 11) is 0. The largest absolute Gasteiger partial charge is 0.486 e. The molecular formula is C16H19N3O3. The SMILES string of the molecule is Cc1[nH]c2ccc(OCC(=N)N3CCCC3)cc2c1C(=O)O. The van der Waals surface area contributed by atoms with Crippen LogP contribution in [0.2, 0.25) is 0 Å². The highest BCUT2D eigenvalue weighted by atomic mass is 16.5. The molecule has 0 aliphatic carbocycles. The molecule has 1 fully saturated rings. The summed E-state index contributed by atoms with van der Waals surface area (Å²) in [6, 6.07) is 5.32. The Labute approximate surface area is 128 Å². The summed E-state index contributed by atoms with van der Waals surface area (Å²) < 4.78 is 5.66. The number of benzene rings is 1. The molecule has 3 rings (SSSR count). The summed E-state index contributed by atoms with van der Waals surface area (Å²) in [5, 5.41) is 18.0. The molecule has 22 heavy (non-hydrogen) atoms. The van der Waals surface area contributed by atoms with Crippen molar-refractivity contribution in [2.75, 3.05) is 19.7 Å². The van der Waals surface area contributed by atoms with Crippen LogP contribution < -0.4 is 4.74 Å². The lowest BCUT2D eigenvalue weighted by molar-refractivity contribution is 0.0698. The predicted molar refractivity (Wildman–Crippen MR) is 84.0 cm³/mol. The number of carboxylic acid groups (broad SMARTS) is 1. The van der Waals surface area contributed by atoms with Crippen molar-refractivity contribution in [1.29, 1.82) is 5.41 Å². The van der Waals surface area contributed by atoms with Gasteiger partial charge < -0.3 is 19.7 Å². The van der Waals surface area contributed by atoms with Crippen molar-refractivity contribution >= 4 is 22.7 Å². The van der Waals surface area contributed by atoms with Crippen LogP contribution in [0.3, 0.4) is 0 Å². The molecule has 0 atom stereocenters. The second kappa shape index (κ2) is 5.71. The van der Waals surface area contributed by atoms with E-state index in [-0.39, 0.29) is 12.2 Å². The molecule has 116 valence electrons. The fourth-order valence-electron chi connectivity index (χ4n) is 2.90. The van der Waals surface area contributed by atoms with Gasteiger partial charge in [-0.2, -0.15) is 0 Å². The first kappa shape index (κ1) is 14.4. The number of aromatic nitrogens is 1.